The number of hydrogen-bond acceptors (Lipinski definition) is 2. The van der Waals surface area contributed by atoms with Crippen LogP contribution in [0.15, 0.2) is 0 Å². The van der Waals surface area contributed by atoms with Gasteiger partial charge < -0.3 is 10.0 Å². The first-order valence-electron chi connectivity index (χ1n) is 6.97. The van der Waals surface area contributed by atoms with E-state index in [1.165, 1.54) is 0 Å². The summed E-state index contributed by atoms with van der Waals surface area (Å²) in [6.07, 6.45) is 4.29. The summed E-state index contributed by atoms with van der Waals surface area (Å²) in [4.78, 5) is 2.23. The minimum absolute atomic E-state index is 0.301. The lowest BCUT2D eigenvalue weighted by atomic mass is 9.86. The Morgan fingerprint density at radius 3 is 2.35 bits per heavy atom. The van der Waals surface area contributed by atoms with E-state index in [0.29, 0.717) is 24.4 Å². The molecule has 1 aliphatic heterocycles. The van der Waals surface area contributed by atoms with Crippen molar-refractivity contribution in [3.8, 4) is 0 Å². The van der Waals surface area contributed by atoms with E-state index in [2.05, 4.69) is 25.7 Å². The topological polar surface area (TPSA) is 47.3 Å². The van der Waals surface area contributed by atoms with Crippen LogP contribution in [0.3, 0.4) is 0 Å². The summed E-state index contributed by atoms with van der Waals surface area (Å²) < 4.78 is 0. The summed E-state index contributed by atoms with van der Waals surface area (Å²) in [5.74, 6) is 2.56. The normalized spacial score (nSPS) is 19.7. The molecule has 100 valence electrons. The van der Waals surface area contributed by atoms with Crippen molar-refractivity contribution < 1.29 is 5.11 Å². The third-order valence-corrected chi connectivity index (χ3v) is 3.97. The van der Waals surface area contributed by atoms with Crippen LogP contribution < -0.4 is 0 Å². The molecule has 1 fully saturated rings. The molecule has 1 heterocycles. The number of aliphatic hydroxyl groups excluding tert-OH is 1. The predicted octanol–water partition coefficient (Wildman–Crippen LogP) is 2.74. The van der Waals surface area contributed by atoms with Gasteiger partial charge in [0, 0.05) is 26.1 Å². The lowest BCUT2D eigenvalue weighted by Gasteiger charge is -2.36. The Labute approximate surface area is 106 Å². The molecule has 2 N–H and O–H groups in total. The number of amidine groups is 1. The molecule has 0 aromatic heterocycles. The highest BCUT2D eigenvalue weighted by atomic mass is 16.3. The van der Waals surface area contributed by atoms with Gasteiger partial charge in [-0.3, -0.25) is 5.41 Å². The second-order valence-electron chi connectivity index (χ2n) is 5.86. The van der Waals surface area contributed by atoms with Crippen LogP contribution >= 0.6 is 0 Å². The number of nitrogens with zero attached hydrogens (tertiary/aromatic N) is 1. The number of likely N-dealkylation sites (tertiary alicyclic amines) is 1. The van der Waals surface area contributed by atoms with Crippen molar-refractivity contribution in [3.63, 3.8) is 0 Å². The van der Waals surface area contributed by atoms with Gasteiger partial charge in [-0.15, -0.1) is 0 Å². The van der Waals surface area contributed by atoms with Gasteiger partial charge in [-0.05, 0) is 37.0 Å². The molecule has 17 heavy (non-hydrogen) atoms. The van der Waals surface area contributed by atoms with Crippen molar-refractivity contribution in [1.82, 2.24) is 4.90 Å². The van der Waals surface area contributed by atoms with Crippen molar-refractivity contribution >= 4 is 5.84 Å². The molecule has 0 saturated carbocycles. The Balaban J connectivity index is 2.28. The minimum atomic E-state index is 0.301. The van der Waals surface area contributed by atoms with E-state index in [4.69, 9.17) is 10.5 Å². The molecule has 0 amide bonds. The van der Waals surface area contributed by atoms with Crippen molar-refractivity contribution in [2.24, 2.45) is 17.8 Å². The third-order valence-electron chi connectivity index (χ3n) is 3.97. The van der Waals surface area contributed by atoms with Crippen molar-refractivity contribution in [2.45, 2.75) is 46.5 Å². The highest BCUT2D eigenvalue weighted by Gasteiger charge is 2.24. The molecule has 3 nitrogen and oxygen atoms in total. The SMILES string of the molecule is CC(C)CCC(=N)N1CCC(C(C)CO)CC1. The fourth-order valence-corrected chi connectivity index (χ4v) is 2.47. The monoisotopic (exact) mass is 240 g/mol. The van der Waals surface area contributed by atoms with Gasteiger partial charge in [0.05, 0.1) is 5.84 Å². The molecule has 0 spiro atoms. The second kappa shape index (κ2) is 7.00. The molecule has 0 aromatic rings. The van der Waals surface area contributed by atoms with Gasteiger partial charge in [0.1, 0.15) is 0 Å². The van der Waals surface area contributed by atoms with E-state index in [9.17, 15) is 0 Å². The molecule has 1 unspecified atom stereocenters. The van der Waals surface area contributed by atoms with Crippen molar-refractivity contribution in [3.05, 3.63) is 0 Å². The summed E-state index contributed by atoms with van der Waals surface area (Å²) in [7, 11) is 0. The van der Waals surface area contributed by atoms with Crippen LogP contribution in [0.25, 0.3) is 0 Å². The second-order valence-corrected chi connectivity index (χ2v) is 5.86. The van der Waals surface area contributed by atoms with Gasteiger partial charge in [-0.25, -0.2) is 0 Å². The number of piperidine rings is 1. The largest absolute Gasteiger partial charge is 0.396 e. The van der Waals surface area contributed by atoms with Gasteiger partial charge in [0.15, 0.2) is 0 Å². The maximum Gasteiger partial charge on any atom is 0.0957 e. The van der Waals surface area contributed by atoms with E-state index in [1.807, 2.05) is 0 Å². The molecule has 0 aliphatic carbocycles. The Morgan fingerprint density at radius 1 is 1.29 bits per heavy atom. The van der Waals surface area contributed by atoms with Crippen molar-refractivity contribution in [1.29, 1.82) is 5.41 Å². The molecule has 1 aliphatic rings. The maximum atomic E-state index is 9.15. The minimum Gasteiger partial charge on any atom is -0.396 e. The molecule has 1 saturated heterocycles. The lowest BCUT2D eigenvalue weighted by molar-refractivity contribution is 0.142. The fraction of sp³-hybridized carbons (Fsp3) is 0.929. The van der Waals surface area contributed by atoms with Crippen LogP contribution in [0.4, 0.5) is 0 Å². The molecule has 1 atom stereocenters. The molecule has 3 heteroatoms. The van der Waals surface area contributed by atoms with Gasteiger partial charge in [0.25, 0.3) is 0 Å². The number of rotatable bonds is 5. The smallest absolute Gasteiger partial charge is 0.0957 e. The Morgan fingerprint density at radius 2 is 1.88 bits per heavy atom. The van der Waals surface area contributed by atoms with Crippen LogP contribution in [-0.4, -0.2) is 35.5 Å². The summed E-state index contributed by atoms with van der Waals surface area (Å²) >= 11 is 0. The summed E-state index contributed by atoms with van der Waals surface area (Å²) in [5, 5.41) is 17.2. The molecule has 0 bridgehead atoms. The molecular formula is C14H28N2O. The maximum absolute atomic E-state index is 9.15. The molecule has 0 radical (unpaired) electrons. The van der Waals surface area contributed by atoms with Gasteiger partial charge in [0.2, 0.25) is 0 Å². The Kier molecular flexibility index (Phi) is 5.96. The average molecular weight is 240 g/mol. The van der Waals surface area contributed by atoms with Gasteiger partial charge in [-0.1, -0.05) is 20.8 Å². The number of aliphatic hydroxyl groups is 1. The molecular weight excluding hydrogens is 212 g/mol. The fourth-order valence-electron chi connectivity index (χ4n) is 2.47. The highest BCUT2D eigenvalue weighted by Crippen LogP contribution is 2.25. The van der Waals surface area contributed by atoms with Crippen LogP contribution in [-0.2, 0) is 0 Å². The summed E-state index contributed by atoms with van der Waals surface area (Å²) in [5.41, 5.74) is 0. The van der Waals surface area contributed by atoms with Crippen molar-refractivity contribution in [2.75, 3.05) is 19.7 Å². The highest BCUT2D eigenvalue weighted by molar-refractivity contribution is 5.79. The third kappa shape index (κ3) is 4.66. The van der Waals surface area contributed by atoms with E-state index < -0.39 is 0 Å². The number of nitrogens with one attached hydrogen (secondary N) is 1. The van der Waals surface area contributed by atoms with E-state index in [0.717, 1.165) is 44.6 Å². The predicted molar refractivity (Wildman–Crippen MR) is 72.3 cm³/mol. The van der Waals surface area contributed by atoms with Crippen LogP contribution in [0, 0.1) is 23.2 Å². The Hall–Kier alpha value is -0.570. The van der Waals surface area contributed by atoms with E-state index in [-0.39, 0.29) is 0 Å². The van der Waals surface area contributed by atoms with Crippen LogP contribution in [0.5, 0.6) is 0 Å². The first-order chi connectivity index (χ1) is 8.04. The van der Waals surface area contributed by atoms with Gasteiger partial charge in [-0.2, -0.15) is 0 Å². The summed E-state index contributed by atoms with van der Waals surface area (Å²) in [6.45, 7) is 8.86. The van der Waals surface area contributed by atoms with Gasteiger partial charge >= 0.3 is 0 Å². The first kappa shape index (κ1) is 14.5. The average Bonchev–Trinajstić information content (AvgIpc) is 2.35. The Bertz CT molecular complexity index is 232. The quantitative estimate of drug-likeness (QED) is 0.573. The van der Waals surface area contributed by atoms with Crippen LogP contribution in [0.2, 0.25) is 0 Å². The zero-order valence-electron chi connectivity index (χ0n) is 11.6. The zero-order chi connectivity index (χ0) is 12.8. The molecule has 1 rings (SSSR count). The molecule has 0 aromatic carbocycles. The first-order valence-corrected chi connectivity index (χ1v) is 6.97. The lowest BCUT2D eigenvalue weighted by Crippen LogP contribution is -2.39. The standard InChI is InChI=1S/C14H28N2O/c1-11(2)4-5-14(15)16-8-6-13(7-9-16)12(3)10-17/h11-13,15,17H,4-10H2,1-3H3. The van der Waals surface area contributed by atoms with E-state index >= 15 is 0 Å². The number of hydrogen-bond donors (Lipinski definition) is 2. The van der Waals surface area contributed by atoms with Crippen LogP contribution in [0.1, 0.15) is 46.5 Å². The summed E-state index contributed by atoms with van der Waals surface area (Å²) in [6, 6.07) is 0. The zero-order valence-corrected chi connectivity index (χ0v) is 11.6. The van der Waals surface area contributed by atoms with E-state index in [1.54, 1.807) is 0 Å².